The minimum atomic E-state index is -1.29. The molecular weight excluding hydrogens is 769 g/mol. The molecule has 0 spiro atoms. The number of ether oxygens (including phenoxy) is 5. The number of likely N-dealkylation sites (N-methyl/N-ethyl adjacent to an activating group) is 1. The van der Waals surface area contributed by atoms with Gasteiger partial charge in [0.25, 0.3) is 0 Å². The summed E-state index contributed by atoms with van der Waals surface area (Å²) in [6.07, 6.45) is 5.25. The van der Waals surface area contributed by atoms with Gasteiger partial charge in [0.05, 0.1) is 42.2 Å². The van der Waals surface area contributed by atoms with Gasteiger partial charge in [-0.05, 0) is 103 Å². The molecule has 15 heteroatoms. The summed E-state index contributed by atoms with van der Waals surface area (Å²) >= 11 is 0. The second kappa shape index (κ2) is 19.2. The number of amides is 1. The van der Waals surface area contributed by atoms with Crippen molar-refractivity contribution in [1.29, 1.82) is 0 Å². The number of fused-ring (bicyclic) bond motifs is 2. The van der Waals surface area contributed by atoms with E-state index >= 15 is 4.79 Å². The number of carbonyl (C=O) groups excluding carboxylic acids is 3. The average molecular weight is 833 g/mol. The number of ketones is 1. The summed E-state index contributed by atoms with van der Waals surface area (Å²) < 4.78 is 32.3. The van der Waals surface area contributed by atoms with Gasteiger partial charge in [-0.15, -0.1) is 0 Å². The van der Waals surface area contributed by atoms with E-state index in [1.807, 2.05) is 89.3 Å². The first-order chi connectivity index (χ1) is 28.5. The van der Waals surface area contributed by atoms with Crippen LogP contribution >= 0.6 is 0 Å². The number of aliphatic hydroxyl groups excluding tert-OH is 1. The highest BCUT2D eigenvalue weighted by Crippen LogP contribution is 2.38. The number of aliphatic hydroxyl groups is 1. The fourth-order valence-corrected chi connectivity index (χ4v) is 9.39. The van der Waals surface area contributed by atoms with E-state index in [2.05, 4.69) is 38.8 Å². The summed E-state index contributed by atoms with van der Waals surface area (Å²) in [4.78, 5) is 49.1. The third-order valence-corrected chi connectivity index (χ3v) is 12.6. The summed E-state index contributed by atoms with van der Waals surface area (Å²) in [6, 6.07) is 8.82. The second-order valence-corrected chi connectivity index (χ2v) is 17.7. The molecule has 0 aliphatic carbocycles. The Morgan fingerprint density at radius 1 is 1.08 bits per heavy atom. The highest BCUT2D eigenvalue weighted by atomic mass is 16.7. The summed E-state index contributed by atoms with van der Waals surface area (Å²) in [6.45, 7) is 13.9. The molecule has 15 nitrogen and oxygen atoms in total. The van der Waals surface area contributed by atoms with Crippen LogP contribution in [0.25, 0.3) is 17.0 Å². The van der Waals surface area contributed by atoms with E-state index in [-0.39, 0.29) is 37.1 Å². The number of alkyl carbamates (subject to hydrolysis) is 1. The van der Waals surface area contributed by atoms with Gasteiger partial charge in [0.2, 0.25) is 0 Å². The summed E-state index contributed by atoms with van der Waals surface area (Å²) in [7, 11) is 3.81. The molecule has 5 heterocycles. The van der Waals surface area contributed by atoms with Gasteiger partial charge in [0.1, 0.15) is 18.1 Å². The maximum absolute atomic E-state index is 15.2. The molecule has 0 saturated carbocycles. The number of benzene rings is 1. The molecule has 3 aliphatic heterocycles. The molecule has 3 aromatic rings. The van der Waals surface area contributed by atoms with Gasteiger partial charge in [0.15, 0.2) is 17.7 Å². The predicted molar refractivity (Wildman–Crippen MR) is 226 cm³/mol. The van der Waals surface area contributed by atoms with Gasteiger partial charge >= 0.3 is 12.1 Å². The van der Waals surface area contributed by atoms with Crippen molar-refractivity contribution < 1.29 is 43.2 Å². The lowest BCUT2D eigenvalue weighted by atomic mass is 9.77. The van der Waals surface area contributed by atoms with Crippen LogP contribution in [0, 0.1) is 17.8 Å². The van der Waals surface area contributed by atoms with Crippen LogP contribution in [0.3, 0.4) is 0 Å². The smallest absolute Gasteiger partial charge is 0.408 e. The lowest BCUT2D eigenvalue weighted by molar-refractivity contribution is -0.296. The predicted octanol–water partition coefficient (Wildman–Crippen LogP) is 4.83. The Labute approximate surface area is 353 Å². The Bertz CT molecular complexity index is 1960. The number of carbonyl (C=O) groups is 3. The molecule has 3 saturated heterocycles. The third-order valence-electron chi connectivity index (χ3n) is 12.6. The molecule has 0 radical (unpaired) electrons. The molecule has 6 rings (SSSR count). The third kappa shape index (κ3) is 10.1. The maximum atomic E-state index is 15.2. The molecule has 60 heavy (non-hydrogen) atoms. The minimum Gasteiger partial charge on any atom is -0.457 e. The number of hydrogen-bond donors (Lipinski definition) is 4. The van der Waals surface area contributed by atoms with E-state index < -0.39 is 71.5 Å². The zero-order valence-electron chi connectivity index (χ0n) is 36.4. The molecule has 0 bridgehead atoms. The van der Waals surface area contributed by atoms with E-state index in [4.69, 9.17) is 23.7 Å². The molecule has 13 atom stereocenters. The number of nitrogens with zero attached hydrogens (tertiary/aromatic N) is 3. The van der Waals surface area contributed by atoms with Crippen LogP contribution in [0.2, 0.25) is 0 Å². The molecule has 1 amide bonds. The van der Waals surface area contributed by atoms with Crippen molar-refractivity contribution in [3.8, 4) is 0 Å². The number of hydrogen-bond acceptors (Lipinski definition) is 13. The number of esters is 1. The first-order valence-electron chi connectivity index (χ1n) is 21.3. The molecular formula is C45H64N6O9. The van der Waals surface area contributed by atoms with Crippen LogP contribution < -0.4 is 10.6 Å². The van der Waals surface area contributed by atoms with Gasteiger partial charge in [0, 0.05) is 35.8 Å². The number of aromatic nitrogens is 3. The molecule has 3 aliphatic rings. The van der Waals surface area contributed by atoms with E-state index in [1.54, 1.807) is 26.2 Å². The first kappa shape index (κ1) is 45.3. The highest BCUT2D eigenvalue weighted by molar-refractivity contribution is 6.00. The van der Waals surface area contributed by atoms with E-state index in [0.29, 0.717) is 31.4 Å². The van der Waals surface area contributed by atoms with Crippen molar-refractivity contribution in [1.82, 2.24) is 30.7 Å². The Kier molecular flexibility index (Phi) is 14.5. The lowest BCUT2D eigenvalue weighted by Crippen LogP contribution is -2.60. The van der Waals surface area contributed by atoms with Gasteiger partial charge in [-0.2, -0.15) is 5.10 Å². The quantitative estimate of drug-likeness (QED) is 0.161. The van der Waals surface area contributed by atoms with Crippen LogP contribution in [-0.2, 0) is 39.7 Å². The molecule has 4 N–H and O–H groups in total. The Morgan fingerprint density at radius 3 is 2.57 bits per heavy atom. The first-order valence-corrected chi connectivity index (χ1v) is 21.3. The average Bonchev–Trinajstić information content (AvgIpc) is 3.85. The summed E-state index contributed by atoms with van der Waals surface area (Å²) in [5.74, 6) is -3.53. The normalized spacial score (nSPS) is 36.0. The largest absolute Gasteiger partial charge is 0.457 e. The van der Waals surface area contributed by atoms with Crippen LogP contribution in [0.1, 0.15) is 78.9 Å². The highest BCUT2D eigenvalue weighted by Gasteiger charge is 2.56. The fourth-order valence-electron chi connectivity index (χ4n) is 9.39. The zero-order chi connectivity index (χ0) is 43.4. The van der Waals surface area contributed by atoms with Gasteiger partial charge in [-0.1, -0.05) is 51.1 Å². The second-order valence-electron chi connectivity index (χ2n) is 17.7. The summed E-state index contributed by atoms with van der Waals surface area (Å²) in [5.41, 5.74) is 0.00607. The van der Waals surface area contributed by atoms with E-state index in [9.17, 15) is 14.7 Å². The summed E-state index contributed by atoms with van der Waals surface area (Å²) in [5, 5.41) is 26.2. The van der Waals surface area contributed by atoms with Gasteiger partial charge < -0.3 is 44.3 Å². The molecule has 3 fully saturated rings. The Hall–Kier alpha value is -4.25. The van der Waals surface area contributed by atoms with Crippen LogP contribution in [0.4, 0.5) is 4.79 Å². The Morgan fingerprint density at radius 2 is 1.85 bits per heavy atom. The van der Waals surface area contributed by atoms with Crippen molar-refractivity contribution in [3.63, 3.8) is 0 Å². The number of pyridine rings is 1. The maximum Gasteiger partial charge on any atom is 0.408 e. The topological polar surface area (TPSA) is 186 Å². The number of cyclic esters (lactones) is 1. The standard InChI is InChI=1S/C45H64N6O9/c1-10-36-45(7)39(50-43(55)60-45)29(5)46-22-26(2)21-44(6,56-17-13-14-30-19-32-15-11-12-16-34(32)47-23-30)40(59-42-38(53)35(51(8)9)18-27(3)57-42)28(4)37(52)33(41(54)58-36)20-31-24-48-49-25-31/h11-16,19,23-29,33,35-36,38-40,42,46,53H,10,17-18,20-22H2,1-9H3,(H,48,49)(H,50,55)/b14-13+/t26-,27-,28+,29-,33-,35?,36-,38?,39-,40-,42+,44-,45-/m1/s1. The molecule has 2 unspecified atom stereocenters. The number of H-pyrrole nitrogens is 1. The zero-order valence-corrected chi connectivity index (χ0v) is 36.4. The fraction of sp³-hybridized carbons (Fsp3) is 0.622. The van der Waals surface area contributed by atoms with Crippen LogP contribution in [-0.4, -0.2) is 130 Å². The molecule has 2 aromatic heterocycles. The van der Waals surface area contributed by atoms with Gasteiger partial charge in [-0.3, -0.25) is 19.7 Å². The Balaban J connectivity index is 1.41. The number of nitrogens with one attached hydrogen (secondary N) is 3. The van der Waals surface area contributed by atoms with Crippen LogP contribution in [0.5, 0.6) is 0 Å². The van der Waals surface area contributed by atoms with E-state index in [0.717, 1.165) is 16.5 Å². The number of Topliss-reactive ketones (excluding diaryl/α,β-unsaturated/α-hetero) is 1. The molecule has 328 valence electrons. The number of rotatable bonds is 10. The van der Waals surface area contributed by atoms with Crippen molar-refractivity contribution in [2.45, 2.75) is 134 Å². The van der Waals surface area contributed by atoms with Crippen molar-refractivity contribution in [3.05, 3.63) is 66.1 Å². The van der Waals surface area contributed by atoms with Crippen LogP contribution in [0.15, 0.2) is 55.0 Å². The van der Waals surface area contributed by atoms with Crippen molar-refractivity contribution in [2.24, 2.45) is 17.8 Å². The van der Waals surface area contributed by atoms with Crippen molar-refractivity contribution >= 4 is 34.8 Å². The lowest BCUT2D eigenvalue weighted by Gasteiger charge is -2.47. The van der Waals surface area contributed by atoms with Crippen molar-refractivity contribution in [2.75, 3.05) is 27.2 Å². The van der Waals surface area contributed by atoms with E-state index in [1.165, 1.54) is 0 Å². The SMILES string of the molecule is CC[C@H]1OC(=O)[C@H](Cc2cn[nH]c2)C(=O)[C@H](C)[C@@H](O[C@@H]2O[C@H](C)CC(N(C)C)C2O)[C@](C)(OC/C=C/c2cnc3ccccc3c2)C[C@@H](C)CN[C@H](C)[C@H]2NC(=O)O[C@@]21C. The monoisotopic (exact) mass is 832 g/mol. The van der Waals surface area contributed by atoms with Gasteiger partial charge in [-0.25, -0.2) is 4.79 Å². The number of aromatic amines is 1. The number of para-hydroxylation sites is 1. The molecule has 1 aromatic carbocycles. The minimum absolute atomic E-state index is 0.00338.